The number of rotatable bonds is 7. The van der Waals surface area contributed by atoms with E-state index in [0.717, 1.165) is 46.8 Å². The van der Waals surface area contributed by atoms with Gasteiger partial charge in [0.1, 0.15) is 28.7 Å². The first-order valence-electron chi connectivity index (χ1n) is 12.9. The van der Waals surface area contributed by atoms with E-state index in [0.29, 0.717) is 18.1 Å². The Hall–Kier alpha value is -3.52. The Labute approximate surface area is 233 Å². The van der Waals surface area contributed by atoms with Gasteiger partial charge < -0.3 is 18.9 Å². The van der Waals surface area contributed by atoms with Crippen LogP contribution in [0, 0.1) is 11.8 Å². The van der Waals surface area contributed by atoms with Gasteiger partial charge in [0.25, 0.3) is 0 Å². The lowest BCUT2D eigenvalue weighted by molar-refractivity contribution is -0.189. The van der Waals surface area contributed by atoms with E-state index in [1.54, 1.807) is 24.5 Å². The molecular weight excluding hydrogens is 516 g/mol. The molecule has 0 bridgehead atoms. The third kappa shape index (κ3) is 8.75. The van der Waals surface area contributed by atoms with Crippen LogP contribution in [-0.4, -0.2) is 59.3 Å². The van der Waals surface area contributed by atoms with Crippen molar-refractivity contribution in [1.82, 2.24) is 15.0 Å². The molecule has 1 aliphatic heterocycles. The van der Waals surface area contributed by atoms with Gasteiger partial charge in [0.2, 0.25) is 0 Å². The number of nitrogens with zero attached hydrogens (tertiary/aromatic N) is 4. The number of amides is 1. The summed E-state index contributed by atoms with van der Waals surface area (Å²) in [6.07, 6.45) is 9.07. The summed E-state index contributed by atoms with van der Waals surface area (Å²) < 4.78 is 23.9. The van der Waals surface area contributed by atoms with Crippen molar-refractivity contribution in [1.29, 1.82) is 0 Å². The lowest BCUT2D eigenvalue weighted by Crippen LogP contribution is -2.34. The maximum Gasteiger partial charge on any atom is 0.415 e. The van der Waals surface area contributed by atoms with Crippen molar-refractivity contribution in [3.63, 3.8) is 0 Å². The number of hydrogen-bond acceptors (Lipinski definition) is 9. The highest BCUT2D eigenvalue weighted by molar-refractivity contribution is 7.19. The summed E-state index contributed by atoms with van der Waals surface area (Å²) in [5.74, 6) is 7.05. The van der Waals surface area contributed by atoms with E-state index < -0.39 is 11.7 Å². The fourth-order valence-electron chi connectivity index (χ4n) is 3.63. The number of allylic oxidation sites excluding steroid dienone is 1. The Morgan fingerprint density at radius 3 is 2.85 bits per heavy atom. The van der Waals surface area contributed by atoms with Crippen molar-refractivity contribution < 1.29 is 23.7 Å². The summed E-state index contributed by atoms with van der Waals surface area (Å²) in [5, 5.41) is 0.836. The molecule has 0 radical (unpaired) electrons. The summed E-state index contributed by atoms with van der Waals surface area (Å²) in [6.45, 7) is 8.64. The Bertz CT molecular complexity index is 1350. The second-order valence-electron chi connectivity index (χ2n) is 10.1. The maximum absolute atomic E-state index is 12.2. The minimum Gasteiger partial charge on any atom is -0.491 e. The first kappa shape index (κ1) is 28.5. The van der Waals surface area contributed by atoms with Crippen LogP contribution in [0.15, 0.2) is 36.7 Å². The zero-order valence-electron chi connectivity index (χ0n) is 23.0. The molecule has 0 spiro atoms. The van der Waals surface area contributed by atoms with Crippen LogP contribution in [0.3, 0.4) is 0 Å². The monoisotopic (exact) mass is 550 g/mol. The van der Waals surface area contributed by atoms with Crippen molar-refractivity contribution in [2.45, 2.75) is 65.0 Å². The second kappa shape index (κ2) is 13.0. The van der Waals surface area contributed by atoms with Crippen molar-refractivity contribution >= 4 is 39.5 Å². The summed E-state index contributed by atoms with van der Waals surface area (Å²) in [4.78, 5) is 26.6. The number of anilines is 1. The second-order valence-corrected chi connectivity index (χ2v) is 11.2. The Morgan fingerprint density at radius 1 is 1.28 bits per heavy atom. The molecule has 1 saturated heterocycles. The number of carbonyl (C=O) groups excluding carboxylic acids is 1. The number of benzene rings is 1. The normalized spacial score (nSPS) is 16.5. The summed E-state index contributed by atoms with van der Waals surface area (Å²) in [5.41, 5.74) is 0.796. The fourth-order valence-corrected chi connectivity index (χ4v) is 4.52. The zero-order valence-corrected chi connectivity index (χ0v) is 23.8. The highest BCUT2D eigenvalue weighted by atomic mass is 32.1. The van der Waals surface area contributed by atoms with Crippen LogP contribution < -0.4 is 9.64 Å². The molecule has 3 aromatic rings. The van der Waals surface area contributed by atoms with Crippen LogP contribution in [0.4, 0.5) is 10.6 Å². The zero-order chi connectivity index (χ0) is 27.8. The molecular formula is C29H34N4O5S. The van der Waals surface area contributed by atoms with Gasteiger partial charge >= 0.3 is 6.09 Å². The molecule has 3 heterocycles. The largest absolute Gasteiger partial charge is 0.491 e. The predicted molar refractivity (Wildman–Crippen MR) is 152 cm³/mol. The first-order chi connectivity index (χ1) is 18.7. The highest BCUT2D eigenvalue weighted by Gasteiger charge is 2.21. The molecule has 39 heavy (non-hydrogen) atoms. The number of ether oxygens (including phenoxy) is 4. The Morgan fingerprint density at radius 2 is 2.13 bits per heavy atom. The van der Waals surface area contributed by atoms with E-state index >= 15 is 0 Å². The van der Waals surface area contributed by atoms with E-state index in [9.17, 15) is 4.79 Å². The quantitative estimate of drug-likeness (QED) is 0.339. The molecule has 0 aliphatic carbocycles. The molecule has 2 aromatic heterocycles. The Balaban J connectivity index is 1.30. The van der Waals surface area contributed by atoms with Crippen molar-refractivity contribution in [3.05, 3.63) is 47.4 Å². The molecule has 2 unspecified atom stereocenters. The van der Waals surface area contributed by atoms with Crippen LogP contribution in [-0.2, 0) is 14.2 Å². The molecule has 1 aromatic carbocycles. The minimum absolute atomic E-state index is 0.0610. The van der Waals surface area contributed by atoms with Gasteiger partial charge in [0.05, 0.1) is 28.7 Å². The van der Waals surface area contributed by atoms with Gasteiger partial charge in [-0.1, -0.05) is 5.92 Å². The number of aromatic nitrogens is 3. The Kier molecular flexibility index (Phi) is 9.51. The number of hydrogen-bond donors (Lipinski definition) is 0. The molecule has 1 amide bonds. The van der Waals surface area contributed by atoms with Gasteiger partial charge in [-0.15, -0.1) is 11.3 Å². The van der Waals surface area contributed by atoms with E-state index in [1.165, 1.54) is 17.3 Å². The fraction of sp³-hybridized carbons (Fsp3) is 0.448. The molecule has 2 atom stereocenters. The summed E-state index contributed by atoms with van der Waals surface area (Å²) in [7, 11) is 1.59. The van der Waals surface area contributed by atoms with Crippen molar-refractivity contribution in [3.8, 4) is 17.6 Å². The number of thiazole rings is 1. The standard InChI is InChI=1S/C29H34N4O5S/c1-20(37-27-12-8-9-15-35-27)19-36-22-13-14-23-24(16-22)39-26(32-23)11-7-6-10-21-17-31-25(18-30-21)33(5)28(34)38-29(2,3)4/h7,11,13-14,16-18,20,27H,8-9,12,15,19H2,1-5H3/b11-7+. The van der Waals surface area contributed by atoms with Crippen LogP contribution in [0.25, 0.3) is 16.3 Å². The number of fused-ring (bicyclic) bond motifs is 1. The van der Waals surface area contributed by atoms with E-state index in [2.05, 4.69) is 26.8 Å². The highest BCUT2D eigenvalue weighted by Crippen LogP contribution is 2.27. The minimum atomic E-state index is -0.589. The van der Waals surface area contributed by atoms with Gasteiger partial charge in [0.15, 0.2) is 12.1 Å². The van der Waals surface area contributed by atoms with E-state index in [4.69, 9.17) is 18.9 Å². The van der Waals surface area contributed by atoms with E-state index in [-0.39, 0.29) is 12.4 Å². The van der Waals surface area contributed by atoms with Gasteiger partial charge in [-0.05, 0) is 83.2 Å². The van der Waals surface area contributed by atoms with Gasteiger partial charge in [-0.25, -0.2) is 19.7 Å². The van der Waals surface area contributed by atoms with Gasteiger partial charge in [-0.2, -0.15) is 0 Å². The van der Waals surface area contributed by atoms with Crippen molar-refractivity contribution in [2.75, 3.05) is 25.2 Å². The first-order valence-corrected chi connectivity index (χ1v) is 13.8. The topological polar surface area (TPSA) is 95.9 Å². The average Bonchev–Trinajstić information content (AvgIpc) is 3.31. The van der Waals surface area contributed by atoms with Crippen LogP contribution >= 0.6 is 11.3 Å². The molecule has 1 aliphatic rings. The lowest BCUT2D eigenvalue weighted by atomic mass is 10.2. The van der Waals surface area contributed by atoms with Crippen LogP contribution in [0.1, 0.15) is 57.7 Å². The molecule has 206 valence electrons. The summed E-state index contributed by atoms with van der Waals surface area (Å²) in [6, 6.07) is 5.86. The molecule has 0 N–H and O–H groups in total. The lowest BCUT2D eigenvalue weighted by Gasteiger charge is -2.26. The van der Waals surface area contributed by atoms with E-state index in [1.807, 2.05) is 52.0 Å². The third-order valence-electron chi connectivity index (χ3n) is 5.54. The van der Waals surface area contributed by atoms with Gasteiger partial charge in [0, 0.05) is 13.7 Å². The summed E-state index contributed by atoms with van der Waals surface area (Å²) >= 11 is 1.56. The molecule has 4 rings (SSSR count). The molecule has 9 nitrogen and oxygen atoms in total. The molecule has 0 saturated carbocycles. The third-order valence-corrected chi connectivity index (χ3v) is 6.53. The van der Waals surface area contributed by atoms with Crippen molar-refractivity contribution in [2.24, 2.45) is 0 Å². The molecule has 10 heteroatoms. The number of carbonyl (C=O) groups is 1. The SMILES string of the molecule is CC(COc1ccc2nc(/C=C/C#Cc3cnc(N(C)C(=O)OC(C)(C)C)cn3)sc2c1)OC1CCCCO1. The predicted octanol–water partition coefficient (Wildman–Crippen LogP) is 5.83. The van der Waals surface area contributed by atoms with Crippen LogP contribution in [0.5, 0.6) is 5.75 Å². The smallest absolute Gasteiger partial charge is 0.415 e. The van der Waals surface area contributed by atoms with Crippen LogP contribution in [0.2, 0.25) is 0 Å². The van der Waals surface area contributed by atoms with Gasteiger partial charge in [-0.3, -0.25) is 4.90 Å². The molecule has 1 fully saturated rings. The maximum atomic E-state index is 12.2. The average molecular weight is 551 g/mol.